The highest BCUT2D eigenvalue weighted by molar-refractivity contribution is 8.00. The van der Waals surface area contributed by atoms with Crippen LogP contribution in [0.15, 0.2) is 53.4 Å². The average molecular weight is 327 g/mol. The van der Waals surface area contributed by atoms with Crippen LogP contribution in [0.5, 0.6) is 0 Å². The van der Waals surface area contributed by atoms with Crippen LogP contribution in [0.25, 0.3) is 0 Å². The van der Waals surface area contributed by atoms with Crippen LogP contribution in [-0.4, -0.2) is 11.2 Å². The van der Waals surface area contributed by atoms with E-state index in [1.807, 2.05) is 37.3 Å². The van der Waals surface area contributed by atoms with Crippen LogP contribution in [0.1, 0.15) is 43.0 Å². The van der Waals surface area contributed by atoms with Crippen molar-refractivity contribution in [1.82, 2.24) is 5.32 Å². The van der Waals surface area contributed by atoms with E-state index in [4.69, 9.17) is 0 Å². The standard InChI is InChI=1S/C20H25NOS/c1-5-19(17-12-11-14(2)15(3)13-17)21-20(22)16(4)23-18-9-7-6-8-10-18/h6-13,16,19H,5H2,1-4H3,(H,21,22)/t16-,19-/m0/s1. The Morgan fingerprint density at radius 1 is 1.09 bits per heavy atom. The Morgan fingerprint density at radius 2 is 1.78 bits per heavy atom. The number of hydrogen-bond donors (Lipinski definition) is 1. The molecule has 1 N–H and O–H groups in total. The van der Waals surface area contributed by atoms with E-state index in [2.05, 4.69) is 44.3 Å². The number of rotatable bonds is 6. The second-order valence-electron chi connectivity index (χ2n) is 5.89. The van der Waals surface area contributed by atoms with Crippen molar-refractivity contribution in [1.29, 1.82) is 0 Å². The molecule has 0 heterocycles. The van der Waals surface area contributed by atoms with Crippen molar-refractivity contribution < 1.29 is 4.79 Å². The van der Waals surface area contributed by atoms with Crippen LogP contribution in [0.2, 0.25) is 0 Å². The Hall–Kier alpha value is -1.74. The average Bonchev–Trinajstić information content (AvgIpc) is 2.56. The SMILES string of the molecule is CC[C@H](NC(=O)[C@H](C)Sc1ccccc1)c1ccc(C)c(C)c1. The van der Waals surface area contributed by atoms with E-state index in [0.29, 0.717) is 0 Å². The van der Waals surface area contributed by atoms with Crippen LogP contribution in [0.4, 0.5) is 0 Å². The minimum absolute atomic E-state index is 0.0700. The third kappa shape index (κ3) is 4.87. The third-order valence-corrected chi connectivity index (χ3v) is 5.20. The Bertz CT molecular complexity index is 654. The number of hydrogen-bond acceptors (Lipinski definition) is 2. The summed E-state index contributed by atoms with van der Waals surface area (Å²) in [6, 6.07) is 16.5. The smallest absolute Gasteiger partial charge is 0.233 e. The number of thioether (sulfide) groups is 1. The zero-order valence-corrected chi connectivity index (χ0v) is 15.1. The van der Waals surface area contributed by atoms with Gasteiger partial charge < -0.3 is 5.32 Å². The van der Waals surface area contributed by atoms with Gasteiger partial charge in [0.15, 0.2) is 0 Å². The molecule has 0 unspecified atom stereocenters. The van der Waals surface area contributed by atoms with Gasteiger partial charge >= 0.3 is 0 Å². The fraction of sp³-hybridized carbons (Fsp3) is 0.350. The van der Waals surface area contributed by atoms with Crippen LogP contribution < -0.4 is 5.32 Å². The first-order chi connectivity index (χ1) is 11.0. The molecule has 0 aromatic heterocycles. The molecule has 0 aliphatic rings. The molecule has 3 heteroatoms. The van der Waals surface area contributed by atoms with Crippen molar-refractivity contribution in [2.24, 2.45) is 0 Å². The fourth-order valence-electron chi connectivity index (χ4n) is 2.45. The van der Waals surface area contributed by atoms with E-state index in [-0.39, 0.29) is 17.2 Å². The molecule has 122 valence electrons. The molecule has 2 aromatic carbocycles. The van der Waals surface area contributed by atoms with Gasteiger partial charge in [-0.25, -0.2) is 0 Å². The van der Waals surface area contributed by atoms with E-state index in [9.17, 15) is 4.79 Å². The van der Waals surface area contributed by atoms with Gasteiger partial charge in [-0.2, -0.15) is 0 Å². The summed E-state index contributed by atoms with van der Waals surface area (Å²) in [5.74, 6) is 0.0870. The van der Waals surface area contributed by atoms with E-state index in [0.717, 1.165) is 11.3 Å². The quantitative estimate of drug-likeness (QED) is 0.752. The lowest BCUT2D eigenvalue weighted by Gasteiger charge is -2.21. The lowest BCUT2D eigenvalue weighted by atomic mass is 9.99. The third-order valence-electron chi connectivity index (χ3n) is 4.08. The Labute approximate surface area is 143 Å². The van der Waals surface area contributed by atoms with Gasteiger partial charge in [0, 0.05) is 4.90 Å². The molecule has 0 bridgehead atoms. The topological polar surface area (TPSA) is 29.1 Å². The predicted octanol–water partition coefficient (Wildman–Crippen LogP) is 5.05. The number of amides is 1. The molecule has 0 saturated heterocycles. The van der Waals surface area contributed by atoms with E-state index >= 15 is 0 Å². The molecule has 2 aromatic rings. The van der Waals surface area contributed by atoms with E-state index in [1.165, 1.54) is 16.7 Å². The van der Waals surface area contributed by atoms with Crippen molar-refractivity contribution in [2.45, 2.75) is 50.3 Å². The van der Waals surface area contributed by atoms with Gasteiger partial charge in [-0.1, -0.05) is 43.3 Å². The Morgan fingerprint density at radius 3 is 2.39 bits per heavy atom. The van der Waals surface area contributed by atoms with Gasteiger partial charge in [-0.05, 0) is 56.0 Å². The highest BCUT2D eigenvalue weighted by Gasteiger charge is 2.19. The number of nitrogens with one attached hydrogen (secondary N) is 1. The lowest BCUT2D eigenvalue weighted by molar-refractivity contribution is -0.121. The van der Waals surface area contributed by atoms with Crippen molar-refractivity contribution in [3.05, 3.63) is 65.2 Å². The monoisotopic (exact) mass is 327 g/mol. The van der Waals surface area contributed by atoms with Crippen molar-refractivity contribution in [3.63, 3.8) is 0 Å². The largest absolute Gasteiger partial charge is 0.348 e. The van der Waals surface area contributed by atoms with E-state index < -0.39 is 0 Å². The first kappa shape index (κ1) is 17.6. The van der Waals surface area contributed by atoms with Crippen LogP contribution in [-0.2, 0) is 4.79 Å². The van der Waals surface area contributed by atoms with E-state index in [1.54, 1.807) is 11.8 Å². The molecule has 0 saturated carbocycles. The normalized spacial score (nSPS) is 13.4. The molecule has 0 fully saturated rings. The first-order valence-corrected chi connectivity index (χ1v) is 8.98. The lowest BCUT2D eigenvalue weighted by Crippen LogP contribution is -2.34. The molecule has 0 radical (unpaired) electrons. The van der Waals surface area contributed by atoms with Gasteiger partial charge in [0.1, 0.15) is 0 Å². The van der Waals surface area contributed by atoms with Gasteiger partial charge in [-0.3, -0.25) is 4.79 Å². The fourth-order valence-corrected chi connectivity index (χ4v) is 3.35. The second-order valence-corrected chi connectivity index (χ2v) is 7.30. The van der Waals surface area contributed by atoms with Gasteiger partial charge in [0.25, 0.3) is 0 Å². The molecule has 1 amide bonds. The molecular weight excluding hydrogens is 302 g/mol. The Kier molecular flexibility index (Phi) is 6.28. The predicted molar refractivity (Wildman–Crippen MR) is 98.9 cm³/mol. The maximum atomic E-state index is 12.5. The zero-order chi connectivity index (χ0) is 16.8. The molecule has 2 rings (SSSR count). The van der Waals surface area contributed by atoms with Crippen molar-refractivity contribution >= 4 is 17.7 Å². The Balaban J connectivity index is 2.02. The van der Waals surface area contributed by atoms with Crippen LogP contribution in [0.3, 0.4) is 0 Å². The molecule has 0 spiro atoms. The summed E-state index contributed by atoms with van der Waals surface area (Å²) in [6.07, 6.45) is 0.886. The summed E-state index contributed by atoms with van der Waals surface area (Å²) >= 11 is 1.59. The zero-order valence-electron chi connectivity index (χ0n) is 14.3. The number of carbonyl (C=O) groups excluding carboxylic acids is 1. The minimum Gasteiger partial charge on any atom is -0.348 e. The summed E-state index contributed by atoms with van der Waals surface area (Å²) < 4.78 is 0. The summed E-state index contributed by atoms with van der Waals surface area (Å²) in [5.41, 5.74) is 3.73. The molecule has 23 heavy (non-hydrogen) atoms. The summed E-state index contributed by atoms with van der Waals surface area (Å²) in [4.78, 5) is 13.6. The highest BCUT2D eigenvalue weighted by Crippen LogP contribution is 2.25. The van der Waals surface area contributed by atoms with Crippen LogP contribution in [0, 0.1) is 13.8 Å². The molecule has 0 aliphatic carbocycles. The molecule has 0 aliphatic heterocycles. The summed E-state index contributed by atoms with van der Waals surface area (Å²) in [7, 11) is 0. The highest BCUT2D eigenvalue weighted by atomic mass is 32.2. The van der Waals surface area contributed by atoms with Gasteiger partial charge in [0.05, 0.1) is 11.3 Å². The number of benzene rings is 2. The van der Waals surface area contributed by atoms with Crippen LogP contribution >= 0.6 is 11.8 Å². The maximum absolute atomic E-state index is 12.5. The summed E-state index contributed by atoms with van der Waals surface area (Å²) in [5, 5.41) is 3.08. The number of aryl methyl sites for hydroxylation is 2. The molecular formula is C20H25NOS. The van der Waals surface area contributed by atoms with Crippen molar-refractivity contribution in [3.8, 4) is 0 Å². The number of carbonyl (C=O) groups is 1. The summed E-state index contributed by atoms with van der Waals surface area (Å²) in [6.45, 7) is 8.29. The minimum atomic E-state index is -0.113. The molecule has 2 nitrogen and oxygen atoms in total. The maximum Gasteiger partial charge on any atom is 0.233 e. The second kappa shape index (κ2) is 8.21. The van der Waals surface area contributed by atoms with Gasteiger partial charge in [0.2, 0.25) is 5.91 Å². The van der Waals surface area contributed by atoms with Crippen molar-refractivity contribution in [2.75, 3.05) is 0 Å². The molecule has 2 atom stereocenters. The first-order valence-electron chi connectivity index (χ1n) is 8.10. The van der Waals surface area contributed by atoms with Gasteiger partial charge in [-0.15, -0.1) is 11.8 Å².